The zero-order valence-electron chi connectivity index (χ0n) is 15.9. The van der Waals surface area contributed by atoms with E-state index in [1.807, 2.05) is 0 Å². The minimum atomic E-state index is -0.512. The number of aromatic hydroxyl groups is 1. The molecule has 0 heterocycles. The molecule has 0 bridgehead atoms. The fourth-order valence-electron chi connectivity index (χ4n) is 2.60. The van der Waals surface area contributed by atoms with Crippen molar-refractivity contribution in [2.45, 2.75) is 0 Å². The molecule has 0 saturated heterocycles. The van der Waals surface area contributed by atoms with Gasteiger partial charge in [0.1, 0.15) is 11.5 Å². The number of phenols is 1. The molecule has 30 heavy (non-hydrogen) atoms. The zero-order valence-corrected chi connectivity index (χ0v) is 17.5. The number of benzene rings is 3. The fraction of sp³-hybridized carbons (Fsp3) is 0.0455. The lowest BCUT2D eigenvalue weighted by Gasteiger charge is -2.10. The summed E-state index contributed by atoms with van der Waals surface area (Å²) in [5.74, 6) is -0.306. The number of ether oxygens (including phenoxy) is 1. The van der Waals surface area contributed by atoms with Gasteiger partial charge in [-0.25, -0.2) is 5.43 Å². The van der Waals surface area contributed by atoms with Crippen molar-refractivity contribution in [2.24, 2.45) is 5.10 Å². The highest BCUT2D eigenvalue weighted by Crippen LogP contribution is 2.20. The number of nitrogens with one attached hydrogen (secondary N) is 2. The van der Waals surface area contributed by atoms with E-state index in [1.165, 1.54) is 19.4 Å². The third kappa shape index (κ3) is 5.24. The van der Waals surface area contributed by atoms with Crippen molar-refractivity contribution in [2.75, 3.05) is 12.4 Å². The summed E-state index contributed by atoms with van der Waals surface area (Å²) in [5.41, 5.74) is 3.81. The fourth-order valence-corrected chi connectivity index (χ4v) is 2.98. The average Bonchev–Trinajstić information content (AvgIpc) is 2.76. The van der Waals surface area contributed by atoms with Gasteiger partial charge in [0.25, 0.3) is 11.8 Å². The van der Waals surface area contributed by atoms with Crippen LogP contribution in [-0.4, -0.2) is 30.2 Å². The Morgan fingerprint density at radius 2 is 1.83 bits per heavy atom. The first-order chi connectivity index (χ1) is 14.5. The summed E-state index contributed by atoms with van der Waals surface area (Å²) < 4.78 is 5.90. The number of anilines is 1. The number of nitrogens with zero attached hydrogens (tertiary/aromatic N) is 1. The molecule has 8 heteroatoms. The van der Waals surface area contributed by atoms with Crippen molar-refractivity contribution >= 4 is 39.6 Å². The molecule has 0 aliphatic heterocycles. The maximum absolute atomic E-state index is 12.6. The van der Waals surface area contributed by atoms with Gasteiger partial charge in [0.2, 0.25) is 0 Å². The first-order valence-corrected chi connectivity index (χ1v) is 9.63. The molecule has 0 spiro atoms. The molecule has 3 rings (SSSR count). The van der Waals surface area contributed by atoms with Crippen LogP contribution in [0, 0.1) is 0 Å². The largest absolute Gasteiger partial charge is 0.507 e. The van der Waals surface area contributed by atoms with Gasteiger partial charge in [-0.15, -0.1) is 0 Å². The molecule has 0 atom stereocenters. The van der Waals surface area contributed by atoms with E-state index >= 15 is 0 Å². The minimum absolute atomic E-state index is 0.0298. The number of carbonyl (C=O) groups is 2. The van der Waals surface area contributed by atoms with E-state index in [2.05, 4.69) is 31.8 Å². The lowest BCUT2D eigenvalue weighted by atomic mass is 10.1. The van der Waals surface area contributed by atoms with Gasteiger partial charge in [-0.05, 0) is 48.5 Å². The van der Waals surface area contributed by atoms with Crippen LogP contribution in [-0.2, 0) is 0 Å². The highest BCUT2D eigenvalue weighted by molar-refractivity contribution is 9.10. The van der Waals surface area contributed by atoms with Crippen LogP contribution < -0.4 is 15.5 Å². The van der Waals surface area contributed by atoms with Gasteiger partial charge in [0.15, 0.2) is 0 Å². The molecule has 0 aromatic heterocycles. The molecular formula is C22H18BrN3O4. The molecule has 0 saturated carbocycles. The van der Waals surface area contributed by atoms with E-state index in [4.69, 9.17) is 4.74 Å². The summed E-state index contributed by atoms with van der Waals surface area (Å²) >= 11 is 3.31. The second-order valence-electron chi connectivity index (χ2n) is 6.13. The summed E-state index contributed by atoms with van der Waals surface area (Å²) in [6.45, 7) is 0. The number of carbonyl (C=O) groups excluding carboxylic acids is 2. The molecule has 3 aromatic rings. The molecule has 0 fully saturated rings. The number of amides is 2. The van der Waals surface area contributed by atoms with Crippen LogP contribution in [0.5, 0.6) is 11.5 Å². The number of hydrogen-bond acceptors (Lipinski definition) is 5. The predicted octanol–water partition coefficient (Wildman–Crippen LogP) is 4.18. The Hall–Kier alpha value is -3.65. The monoisotopic (exact) mass is 467 g/mol. The number of hydrogen-bond donors (Lipinski definition) is 3. The Labute approximate surface area is 181 Å². The zero-order chi connectivity index (χ0) is 21.5. The third-order valence-electron chi connectivity index (χ3n) is 4.11. The van der Waals surface area contributed by atoms with E-state index in [-0.39, 0.29) is 17.2 Å². The first kappa shape index (κ1) is 21.1. The van der Waals surface area contributed by atoms with Crippen LogP contribution in [0.25, 0.3) is 0 Å². The number of hydrazone groups is 1. The van der Waals surface area contributed by atoms with Crippen LogP contribution >= 0.6 is 15.9 Å². The number of methoxy groups -OCH3 is 1. The van der Waals surface area contributed by atoms with Crippen molar-refractivity contribution < 1.29 is 19.4 Å². The van der Waals surface area contributed by atoms with Gasteiger partial charge in [-0.3, -0.25) is 9.59 Å². The molecule has 7 nitrogen and oxygen atoms in total. The molecule has 0 aliphatic carbocycles. The van der Waals surface area contributed by atoms with E-state index in [0.29, 0.717) is 22.6 Å². The van der Waals surface area contributed by atoms with Gasteiger partial charge in [0.05, 0.1) is 24.6 Å². The molecule has 3 aromatic carbocycles. The Morgan fingerprint density at radius 3 is 2.63 bits per heavy atom. The van der Waals surface area contributed by atoms with Crippen molar-refractivity contribution in [3.05, 3.63) is 87.9 Å². The molecular weight excluding hydrogens is 450 g/mol. The lowest BCUT2D eigenvalue weighted by molar-refractivity contribution is 0.0956. The van der Waals surface area contributed by atoms with Crippen LogP contribution in [0.1, 0.15) is 26.3 Å². The van der Waals surface area contributed by atoms with Crippen molar-refractivity contribution in [1.82, 2.24) is 5.43 Å². The number of para-hydroxylation sites is 1. The summed E-state index contributed by atoms with van der Waals surface area (Å²) in [5, 5.41) is 16.4. The molecule has 3 N–H and O–H groups in total. The Bertz CT molecular complexity index is 1120. The second-order valence-corrected chi connectivity index (χ2v) is 7.05. The second kappa shape index (κ2) is 9.71. The van der Waals surface area contributed by atoms with E-state index in [1.54, 1.807) is 60.7 Å². The standard InChI is InChI=1S/C22H18BrN3O4/c1-30-17-6-4-5-14(12-17)21(28)25-19-8-3-2-7-18(19)22(29)26-24-13-15-11-16(23)9-10-20(15)27/h2-13,27H,1H3,(H,25,28)(H,26,29). The number of rotatable bonds is 6. The first-order valence-electron chi connectivity index (χ1n) is 8.84. The summed E-state index contributed by atoms with van der Waals surface area (Å²) in [6.07, 6.45) is 1.33. The maximum Gasteiger partial charge on any atom is 0.273 e. The molecule has 2 amide bonds. The van der Waals surface area contributed by atoms with Gasteiger partial charge >= 0.3 is 0 Å². The van der Waals surface area contributed by atoms with Crippen LogP contribution in [0.4, 0.5) is 5.69 Å². The summed E-state index contributed by atoms with van der Waals surface area (Å²) in [6, 6.07) is 18.1. The lowest BCUT2D eigenvalue weighted by Crippen LogP contribution is -2.21. The predicted molar refractivity (Wildman–Crippen MR) is 118 cm³/mol. The third-order valence-corrected chi connectivity index (χ3v) is 4.60. The van der Waals surface area contributed by atoms with Gasteiger partial charge < -0.3 is 15.2 Å². The molecule has 152 valence electrons. The van der Waals surface area contributed by atoms with E-state index in [0.717, 1.165) is 4.47 Å². The van der Waals surface area contributed by atoms with Crippen LogP contribution in [0.3, 0.4) is 0 Å². The minimum Gasteiger partial charge on any atom is -0.507 e. The summed E-state index contributed by atoms with van der Waals surface area (Å²) in [4.78, 5) is 25.1. The average molecular weight is 468 g/mol. The molecule has 0 aliphatic rings. The van der Waals surface area contributed by atoms with Crippen molar-refractivity contribution in [3.63, 3.8) is 0 Å². The highest BCUT2D eigenvalue weighted by Gasteiger charge is 2.14. The van der Waals surface area contributed by atoms with E-state index in [9.17, 15) is 14.7 Å². The van der Waals surface area contributed by atoms with Crippen molar-refractivity contribution in [1.29, 1.82) is 0 Å². The highest BCUT2D eigenvalue weighted by atomic mass is 79.9. The molecule has 0 unspecified atom stereocenters. The Kier molecular flexibility index (Phi) is 6.82. The van der Waals surface area contributed by atoms with Crippen LogP contribution in [0.15, 0.2) is 76.3 Å². The Balaban J connectivity index is 1.74. The Morgan fingerprint density at radius 1 is 1.03 bits per heavy atom. The SMILES string of the molecule is COc1cccc(C(=O)Nc2ccccc2C(=O)NN=Cc2cc(Br)ccc2O)c1. The number of halogens is 1. The molecule has 0 radical (unpaired) electrons. The van der Waals surface area contributed by atoms with Gasteiger partial charge in [-0.2, -0.15) is 5.10 Å². The van der Waals surface area contributed by atoms with E-state index < -0.39 is 5.91 Å². The quantitative estimate of drug-likeness (QED) is 0.373. The topological polar surface area (TPSA) is 100 Å². The van der Waals surface area contributed by atoms with Crippen LogP contribution in [0.2, 0.25) is 0 Å². The van der Waals surface area contributed by atoms with Gasteiger partial charge in [0, 0.05) is 15.6 Å². The number of phenolic OH excluding ortho intramolecular Hbond substituents is 1. The summed E-state index contributed by atoms with van der Waals surface area (Å²) in [7, 11) is 1.52. The maximum atomic E-state index is 12.6. The van der Waals surface area contributed by atoms with Crippen molar-refractivity contribution in [3.8, 4) is 11.5 Å². The normalized spacial score (nSPS) is 10.6. The smallest absolute Gasteiger partial charge is 0.273 e. The van der Waals surface area contributed by atoms with Gasteiger partial charge in [-0.1, -0.05) is 34.1 Å².